The van der Waals surface area contributed by atoms with Gasteiger partial charge in [0.15, 0.2) is 0 Å². The van der Waals surface area contributed by atoms with Gasteiger partial charge < -0.3 is 10.8 Å². The molecule has 0 saturated carbocycles. The zero-order valence-electron chi connectivity index (χ0n) is 15.0. The molecule has 136 valence electrons. The number of aromatic amines is 1. The molecule has 0 spiro atoms. The Hall–Kier alpha value is -1.83. The average molecular weight is 363 g/mol. The van der Waals surface area contributed by atoms with E-state index in [1.54, 1.807) is 11.8 Å². The van der Waals surface area contributed by atoms with Crippen LogP contribution in [0.5, 0.6) is 0 Å². The minimum absolute atomic E-state index is 0.138. The van der Waals surface area contributed by atoms with Crippen molar-refractivity contribution in [3.05, 3.63) is 61.4 Å². The molecule has 2 rings (SSSR count). The maximum absolute atomic E-state index is 12.1. The van der Waals surface area contributed by atoms with Gasteiger partial charge in [0, 0.05) is 22.4 Å². The Balaban J connectivity index is 2.53. The number of aryl methyl sites for hydroxylation is 2. The lowest BCUT2D eigenvalue weighted by Crippen LogP contribution is -2.32. The average Bonchev–Trinajstić information content (AvgIpc) is 2.53. The Morgan fingerprint density at radius 3 is 2.52 bits per heavy atom. The van der Waals surface area contributed by atoms with Gasteiger partial charge in [0.05, 0.1) is 18.7 Å². The molecule has 4 N–H and O–H groups in total. The lowest BCUT2D eigenvalue weighted by atomic mass is 10.1. The molecule has 0 aliphatic rings. The van der Waals surface area contributed by atoms with Crippen LogP contribution in [-0.4, -0.2) is 25.9 Å². The third kappa shape index (κ3) is 4.62. The molecular formula is C18H25N3O3S. The summed E-state index contributed by atoms with van der Waals surface area (Å²) in [5.41, 5.74) is 8.21. The van der Waals surface area contributed by atoms with Crippen LogP contribution < -0.4 is 17.0 Å². The van der Waals surface area contributed by atoms with E-state index in [1.807, 2.05) is 19.9 Å². The van der Waals surface area contributed by atoms with Crippen LogP contribution in [-0.2, 0) is 13.2 Å². The van der Waals surface area contributed by atoms with Gasteiger partial charge in [-0.25, -0.2) is 4.79 Å². The van der Waals surface area contributed by atoms with E-state index < -0.39 is 17.9 Å². The molecule has 6 nitrogen and oxygen atoms in total. The number of rotatable bonds is 6. The van der Waals surface area contributed by atoms with Crippen molar-refractivity contribution in [2.75, 3.05) is 6.54 Å². The lowest BCUT2D eigenvalue weighted by molar-refractivity contribution is 0.278. The number of benzene rings is 1. The Morgan fingerprint density at radius 2 is 1.92 bits per heavy atom. The van der Waals surface area contributed by atoms with Crippen molar-refractivity contribution in [1.29, 1.82) is 0 Å². The van der Waals surface area contributed by atoms with E-state index >= 15 is 0 Å². The molecule has 0 radical (unpaired) electrons. The van der Waals surface area contributed by atoms with Gasteiger partial charge in [0.25, 0.3) is 5.56 Å². The van der Waals surface area contributed by atoms with Gasteiger partial charge in [-0.05, 0) is 38.8 Å². The number of nitrogens with two attached hydrogens (primary N) is 1. The third-order valence-electron chi connectivity index (χ3n) is 3.96. The fourth-order valence-electron chi connectivity index (χ4n) is 2.59. The molecule has 0 atom stereocenters. The summed E-state index contributed by atoms with van der Waals surface area (Å²) in [6.45, 7) is 8.64. The van der Waals surface area contributed by atoms with E-state index in [-0.39, 0.29) is 10.3 Å². The number of thioether (sulfide) groups is 1. The second kappa shape index (κ2) is 7.59. The molecule has 25 heavy (non-hydrogen) atoms. The smallest absolute Gasteiger partial charge is 0.328 e. The monoisotopic (exact) mass is 363 g/mol. The largest absolute Gasteiger partial charge is 0.391 e. The van der Waals surface area contributed by atoms with E-state index in [9.17, 15) is 14.7 Å². The molecule has 2 aromatic rings. The fraction of sp³-hybridized carbons (Fsp3) is 0.444. The molecule has 0 aliphatic heterocycles. The second-order valence-corrected chi connectivity index (χ2v) is 8.55. The highest BCUT2D eigenvalue weighted by atomic mass is 32.2. The first-order valence-electron chi connectivity index (χ1n) is 8.09. The zero-order chi connectivity index (χ0) is 18.8. The van der Waals surface area contributed by atoms with Crippen LogP contribution in [0.4, 0.5) is 0 Å². The first-order valence-corrected chi connectivity index (χ1v) is 8.91. The van der Waals surface area contributed by atoms with Crippen molar-refractivity contribution in [3.63, 3.8) is 0 Å². The summed E-state index contributed by atoms with van der Waals surface area (Å²) >= 11 is 1.68. The normalized spacial score (nSPS) is 11.8. The first-order chi connectivity index (χ1) is 11.7. The summed E-state index contributed by atoms with van der Waals surface area (Å²) in [4.78, 5) is 27.1. The summed E-state index contributed by atoms with van der Waals surface area (Å²) in [7, 11) is 0. The molecule has 0 aliphatic carbocycles. The quantitative estimate of drug-likeness (QED) is 0.676. The molecule has 7 heteroatoms. The maximum Gasteiger partial charge on any atom is 0.328 e. The third-order valence-corrected chi connectivity index (χ3v) is 5.47. The van der Waals surface area contributed by atoms with Crippen molar-refractivity contribution in [3.8, 4) is 0 Å². The number of hydrogen-bond donors (Lipinski definition) is 3. The van der Waals surface area contributed by atoms with E-state index in [4.69, 9.17) is 5.73 Å². The predicted molar refractivity (Wildman–Crippen MR) is 101 cm³/mol. The van der Waals surface area contributed by atoms with Crippen LogP contribution in [0, 0.1) is 13.8 Å². The van der Waals surface area contributed by atoms with Crippen molar-refractivity contribution >= 4 is 11.8 Å². The molecule has 0 amide bonds. The summed E-state index contributed by atoms with van der Waals surface area (Å²) in [6, 6.07) is 4.14. The van der Waals surface area contributed by atoms with Crippen LogP contribution in [0.3, 0.4) is 0 Å². The Labute approximate surface area is 151 Å². The molecule has 1 aromatic carbocycles. The number of nitrogens with zero attached hydrogens (tertiary/aromatic N) is 1. The number of aliphatic hydroxyl groups is 1. The standard InChI is InChI=1S/C18H25N3O3S/c1-11-5-12(2)15(25-18(3,4)10-19)13(6-11)7-21-8-14(9-22)16(23)20-17(21)24/h5-6,8,22H,7,9-10,19H2,1-4H3,(H,20,23,24). The van der Waals surface area contributed by atoms with E-state index in [0.29, 0.717) is 13.1 Å². The Kier molecular flexibility index (Phi) is 5.92. The van der Waals surface area contributed by atoms with Gasteiger partial charge in [-0.15, -0.1) is 11.8 Å². The number of hydrogen-bond acceptors (Lipinski definition) is 5. The molecule has 0 unspecified atom stereocenters. The minimum atomic E-state index is -0.553. The maximum atomic E-state index is 12.1. The van der Waals surface area contributed by atoms with Crippen molar-refractivity contribution < 1.29 is 5.11 Å². The van der Waals surface area contributed by atoms with Gasteiger partial charge in [0.1, 0.15) is 0 Å². The molecular weight excluding hydrogens is 338 g/mol. The van der Waals surface area contributed by atoms with Crippen molar-refractivity contribution in [2.24, 2.45) is 5.73 Å². The summed E-state index contributed by atoms with van der Waals surface area (Å²) in [6.07, 6.45) is 1.42. The number of H-pyrrole nitrogens is 1. The Bertz CT molecular complexity index is 884. The molecule has 1 heterocycles. The van der Waals surface area contributed by atoms with E-state index in [2.05, 4.69) is 24.9 Å². The molecule has 1 aromatic heterocycles. The zero-order valence-corrected chi connectivity index (χ0v) is 15.9. The van der Waals surface area contributed by atoms with Crippen LogP contribution >= 0.6 is 11.8 Å². The lowest BCUT2D eigenvalue weighted by Gasteiger charge is -2.25. The first kappa shape index (κ1) is 19.5. The van der Waals surface area contributed by atoms with E-state index in [1.165, 1.54) is 10.8 Å². The molecule has 0 fully saturated rings. The molecule has 0 saturated heterocycles. The second-order valence-electron chi connectivity index (χ2n) is 6.84. The van der Waals surface area contributed by atoms with Gasteiger partial charge in [0.2, 0.25) is 0 Å². The number of nitrogens with one attached hydrogen (secondary N) is 1. The number of aromatic nitrogens is 2. The minimum Gasteiger partial charge on any atom is -0.391 e. The van der Waals surface area contributed by atoms with Crippen LogP contribution in [0.25, 0.3) is 0 Å². The highest BCUT2D eigenvalue weighted by Gasteiger charge is 2.21. The highest BCUT2D eigenvalue weighted by molar-refractivity contribution is 8.00. The van der Waals surface area contributed by atoms with Crippen molar-refractivity contribution in [2.45, 2.75) is 50.5 Å². The predicted octanol–water partition coefficient (Wildman–Crippen LogP) is 1.52. The van der Waals surface area contributed by atoms with Crippen LogP contribution in [0.2, 0.25) is 0 Å². The van der Waals surface area contributed by atoms with Crippen LogP contribution in [0.15, 0.2) is 32.8 Å². The molecule has 0 bridgehead atoms. The van der Waals surface area contributed by atoms with Gasteiger partial charge in [-0.2, -0.15) is 0 Å². The topological polar surface area (TPSA) is 101 Å². The summed E-state index contributed by atoms with van der Waals surface area (Å²) < 4.78 is 1.28. The van der Waals surface area contributed by atoms with E-state index in [0.717, 1.165) is 21.6 Å². The van der Waals surface area contributed by atoms with Gasteiger partial charge in [-0.1, -0.05) is 17.7 Å². The number of aliphatic hydroxyl groups excluding tert-OH is 1. The highest BCUT2D eigenvalue weighted by Crippen LogP contribution is 2.37. The van der Waals surface area contributed by atoms with Gasteiger partial charge >= 0.3 is 5.69 Å². The SMILES string of the molecule is Cc1cc(C)c(SC(C)(C)CN)c(Cn2cc(CO)c(=O)[nH]c2=O)c1. The summed E-state index contributed by atoms with van der Waals surface area (Å²) in [5.74, 6) is 0. The van der Waals surface area contributed by atoms with Gasteiger partial charge in [-0.3, -0.25) is 14.3 Å². The summed E-state index contributed by atoms with van der Waals surface area (Å²) in [5, 5.41) is 9.27. The Morgan fingerprint density at radius 1 is 1.24 bits per heavy atom. The fourth-order valence-corrected chi connectivity index (χ4v) is 3.70. The van der Waals surface area contributed by atoms with Crippen LogP contribution in [0.1, 0.15) is 36.1 Å². The van der Waals surface area contributed by atoms with Crippen molar-refractivity contribution in [1.82, 2.24) is 9.55 Å².